The maximum atomic E-state index is 11.8. The molecule has 0 radical (unpaired) electrons. The van der Waals surface area contributed by atoms with E-state index in [2.05, 4.69) is 17.6 Å². The molecule has 0 saturated heterocycles. The Labute approximate surface area is 132 Å². The summed E-state index contributed by atoms with van der Waals surface area (Å²) in [6.07, 6.45) is 1.98. The fourth-order valence-electron chi connectivity index (χ4n) is 2.26. The zero-order valence-electron chi connectivity index (χ0n) is 13.4. The Kier molecular flexibility index (Phi) is 8.32. The zero-order chi connectivity index (χ0) is 16.4. The van der Waals surface area contributed by atoms with Crippen molar-refractivity contribution in [2.24, 2.45) is 0 Å². The van der Waals surface area contributed by atoms with Gasteiger partial charge in [-0.2, -0.15) is 0 Å². The Morgan fingerprint density at radius 3 is 2.27 bits per heavy atom. The minimum absolute atomic E-state index is 0.0255. The van der Waals surface area contributed by atoms with Crippen LogP contribution in [0.25, 0.3) is 0 Å². The second kappa shape index (κ2) is 10.0. The number of nitrogens with one attached hydrogen (secondary N) is 2. The molecule has 0 saturated carbocycles. The van der Waals surface area contributed by atoms with Gasteiger partial charge in [-0.05, 0) is 37.6 Å². The van der Waals surface area contributed by atoms with Crippen molar-refractivity contribution in [3.05, 3.63) is 24.3 Å². The van der Waals surface area contributed by atoms with Gasteiger partial charge in [0.25, 0.3) is 0 Å². The summed E-state index contributed by atoms with van der Waals surface area (Å²) in [6, 6.07) is 7.26. The highest BCUT2D eigenvalue weighted by atomic mass is 16.3. The lowest BCUT2D eigenvalue weighted by atomic mass is 10.2. The summed E-state index contributed by atoms with van der Waals surface area (Å²) >= 11 is 0. The zero-order valence-corrected chi connectivity index (χ0v) is 13.4. The van der Waals surface area contributed by atoms with Crippen LogP contribution in [0.15, 0.2) is 24.3 Å². The highest BCUT2D eigenvalue weighted by Crippen LogP contribution is 2.17. The van der Waals surface area contributed by atoms with E-state index in [0.29, 0.717) is 18.8 Å². The van der Waals surface area contributed by atoms with Crippen LogP contribution < -0.4 is 15.5 Å². The van der Waals surface area contributed by atoms with E-state index in [0.717, 1.165) is 18.5 Å². The number of carbonyl (C=O) groups excluding carboxylic acids is 1. The molecule has 4 N–H and O–H groups in total. The van der Waals surface area contributed by atoms with Crippen molar-refractivity contribution in [3.63, 3.8) is 0 Å². The Morgan fingerprint density at radius 1 is 1.18 bits per heavy atom. The number of amides is 2. The van der Waals surface area contributed by atoms with Crippen LogP contribution in [0.2, 0.25) is 0 Å². The first-order chi connectivity index (χ1) is 10.6. The van der Waals surface area contributed by atoms with Crippen molar-refractivity contribution in [2.75, 3.05) is 36.5 Å². The molecule has 6 nitrogen and oxygen atoms in total. The lowest BCUT2D eigenvalue weighted by Crippen LogP contribution is -2.36. The van der Waals surface area contributed by atoms with E-state index in [-0.39, 0.29) is 25.3 Å². The highest BCUT2D eigenvalue weighted by molar-refractivity contribution is 5.89. The first kappa shape index (κ1) is 18.3. The minimum atomic E-state index is -0.212. The molecule has 124 valence electrons. The summed E-state index contributed by atoms with van der Waals surface area (Å²) in [5.41, 5.74) is 1.60. The van der Waals surface area contributed by atoms with Crippen molar-refractivity contribution >= 4 is 17.4 Å². The van der Waals surface area contributed by atoms with Crippen LogP contribution in [0.1, 0.15) is 26.7 Å². The summed E-state index contributed by atoms with van der Waals surface area (Å²) < 4.78 is 0. The molecular weight excluding hydrogens is 282 g/mol. The molecule has 22 heavy (non-hydrogen) atoms. The average molecular weight is 309 g/mol. The second-order valence-corrected chi connectivity index (χ2v) is 5.27. The smallest absolute Gasteiger partial charge is 0.319 e. The van der Waals surface area contributed by atoms with Crippen molar-refractivity contribution in [3.8, 4) is 0 Å². The molecule has 0 aliphatic carbocycles. The van der Waals surface area contributed by atoms with Crippen molar-refractivity contribution < 1.29 is 15.0 Å². The highest BCUT2D eigenvalue weighted by Gasteiger charge is 2.08. The van der Waals surface area contributed by atoms with Crippen LogP contribution in [0.5, 0.6) is 0 Å². The summed E-state index contributed by atoms with van der Waals surface area (Å²) in [6.45, 7) is 5.04. The Hall–Kier alpha value is -1.79. The van der Waals surface area contributed by atoms with Gasteiger partial charge in [0.15, 0.2) is 0 Å². The number of rotatable bonds is 9. The number of hydrogen-bond donors (Lipinski definition) is 4. The van der Waals surface area contributed by atoms with Crippen LogP contribution in [-0.4, -0.2) is 48.6 Å². The van der Waals surface area contributed by atoms with E-state index < -0.39 is 0 Å². The lowest BCUT2D eigenvalue weighted by molar-refractivity contribution is 0.248. The number of benzene rings is 1. The van der Waals surface area contributed by atoms with Crippen LogP contribution in [-0.2, 0) is 0 Å². The van der Waals surface area contributed by atoms with Crippen LogP contribution in [0.4, 0.5) is 16.2 Å². The predicted octanol–water partition coefficient (Wildman–Crippen LogP) is 1.79. The predicted molar refractivity (Wildman–Crippen MR) is 89.4 cm³/mol. The third kappa shape index (κ3) is 6.32. The molecule has 6 heteroatoms. The van der Waals surface area contributed by atoms with E-state index in [4.69, 9.17) is 10.2 Å². The van der Waals surface area contributed by atoms with Gasteiger partial charge in [-0.25, -0.2) is 4.79 Å². The summed E-state index contributed by atoms with van der Waals surface area (Å²) in [5.74, 6) is 0. The number of anilines is 2. The molecule has 0 spiro atoms. The van der Waals surface area contributed by atoms with Crippen molar-refractivity contribution in [2.45, 2.75) is 32.7 Å². The van der Waals surface area contributed by atoms with E-state index >= 15 is 0 Å². The normalized spacial score (nSPS) is 11.8. The van der Waals surface area contributed by atoms with Gasteiger partial charge in [0.1, 0.15) is 0 Å². The largest absolute Gasteiger partial charge is 0.395 e. The first-order valence-corrected chi connectivity index (χ1v) is 7.75. The van der Waals surface area contributed by atoms with Gasteiger partial charge in [0.05, 0.1) is 13.2 Å². The van der Waals surface area contributed by atoms with Crippen molar-refractivity contribution in [1.29, 1.82) is 0 Å². The molecule has 1 aromatic rings. The van der Waals surface area contributed by atoms with Gasteiger partial charge < -0.3 is 25.7 Å². The van der Waals surface area contributed by atoms with Gasteiger partial charge in [0, 0.05) is 30.5 Å². The molecule has 0 heterocycles. The van der Waals surface area contributed by atoms with E-state index in [9.17, 15) is 4.79 Å². The van der Waals surface area contributed by atoms with Gasteiger partial charge in [-0.1, -0.05) is 13.3 Å². The van der Waals surface area contributed by atoms with Gasteiger partial charge in [0.2, 0.25) is 0 Å². The SMILES string of the molecule is CCCC(C)NC(=O)Nc1ccc(N(CCO)CCO)cc1. The topological polar surface area (TPSA) is 84.8 Å². The third-order valence-electron chi connectivity index (χ3n) is 3.33. The summed E-state index contributed by atoms with van der Waals surface area (Å²) in [7, 11) is 0. The Bertz CT molecular complexity index is 431. The first-order valence-electron chi connectivity index (χ1n) is 7.75. The number of aliphatic hydroxyl groups excluding tert-OH is 2. The number of nitrogens with zero attached hydrogens (tertiary/aromatic N) is 1. The minimum Gasteiger partial charge on any atom is -0.395 e. The maximum absolute atomic E-state index is 11.8. The van der Waals surface area contributed by atoms with Crippen molar-refractivity contribution in [1.82, 2.24) is 5.32 Å². The van der Waals surface area contributed by atoms with Gasteiger partial charge in [-0.3, -0.25) is 0 Å². The number of aliphatic hydroxyl groups is 2. The Morgan fingerprint density at radius 2 is 1.77 bits per heavy atom. The molecule has 1 aromatic carbocycles. The number of urea groups is 1. The van der Waals surface area contributed by atoms with Gasteiger partial charge in [-0.15, -0.1) is 0 Å². The molecule has 0 bridgehead atoms. The molecule has 1 unspecified atom stereocenters. The molecule has 0 aliphatic rings. The molecule has 0 aliphatic heterocycles. The number of hydrogen-bond acceptors (Lipinski definition) is 4. The molecule has 1 atom stereocenters. The van der Waals surface area contributed by atoms with E-state index in [1.165, 1.54) is 0 Å². The van der Waals surface area contributed by atoms with Crippen LogP contribution in [0, 0.1) is 0 Å². The quantitative estimate of drug-likeness (QED) is 0.560. The maximum Gasteiger partial charge on any atom is 0.319 e. The summed E-state index contributed by atoms with van der Waals surface area (Å²) in [4.78, 5) is 13.7. The average Bonchev–Trinajstić information content (AvgIpc) is 2.48. The molecule has 0 aromatic heterocycles. The fraction of sp³-hybridized carbons (Fsp3) is 0.562. The lowest BCUT2D eigenvalue weighted by Gasteiger charge is -2.23. The molecule has 0 fully saturated rings. The number of carbonyl (C=O) groups is 1. The third-order valence-corrected chi connectivity index (χ3v) is 3.33. The second-order valence-electron chi connectivity index (χ2n) is 5.27. The molecule has 1 rings (SSSR count). The Balaban J connectivity index is 2.58. The summed E-state index contributed by atoms with van der Waals surface area (Å²) in [5, 5.41) is 23.7. The van der Waals surface area contributed by atoms with Crippen LogP contribution in [0.3, 0.4) is 0 Å². The standard InChI is InChI=1S/C16H27N3O3/c1-3-4-13(2)17-16(22)18-14-5-7-15(8-6-14)19(9-11-20)10-12-21/h5-8,13,20-21H,3-4,9-12H2,1-2H3,(H2,17,18,22). The van der Waals surface area contributed by atoms with Gasteiger partial charge >= 0.3 is 6.03 Å². The van der Waals surface area contributed by atoms with Crippen LogP contribution >= 0.6 is 0 Å². The molecule has 2 amide bonds. The molecular formula is C16H27N3O3. The fourth-order valence-corrected chi connectivity index (χ4v) is 2.26. The van der Waals surface area contributed by atoms with E-state index in [1.807, 2.05) is 24.0 Å². The monoisotopic (exact) mass is 309 g/mol. The van der Waals surface area contributed by atoms with E-state index in [1.54, 1.807) is 12.1 Å².